The smallest absolute Gasteiger partial charge is 0.267 e. The highest BCUT2D eigenvalue weighted by atomic mass is 16.5. The molecule has 0 aliphatic carbocycles. The second-order valence-corrected chi connectivity index (χ2v) is 5.49. The van der Waals surface area contributed by atoms with Crippen LogP contribution in [0.5, 0.6) is 5.75 Å². The highest BCUT2D eigenvalue weighted by Gasteiger charge is 2.29. The van der Waals surface area contributed by atoms with Crippen LogP contribution in [0.15, 0.2) is 36.4 Å². The highest BCUT2D eigenvalue weighted by Crippen LogP contribution is 2.32. The van der Waals surface area contributed by atoms with Gasteiger partial charge in [-0.05, 0) is 59.9 Å². The largest absolute Gasteiger partial charge is 0.496 e. The molecule has 3 rings (SSSR count). The van der Waals surface area contributed by atoms with Gasteiger partial charge >= 0.3 is 0 Å². The predicted molar refractivity (Wildman–Crippen MR) is 84.1 cm³/mol. The molecule has 22 heavy (non-hydrogen) atoms. The molecule has 0 fully saturated rings. The Kier molecular flexibility index (Phi) is 3.60. The van der Waals surface area contributed by atoms with Crippen molar-refractivity contribution in [2.75, 3.05) is 12.2 Å². The van der Waals surface area contributed by atoms with Crippen molar-refractivity contribution in [1.82, 2.24) is 0 Å². The van der Waals surface area contributed by atoms with Gasteiger partial charge in [0.2, 0.25) is 0 Å². The van der Waals surface area contributed by atoms with Crippen molar-refractivity contribution in [3.63, 3.8) is 0 Å². The van der Waals surface area contributed by atoms with Gasteiger partial charge in [-0.2, -0.15) is 5.06 Å². The van der Waals surface area contributed by atoms with E-state index in [0.29, 0.717) is 17.2 Å². The number of aryl methyl sites for hydroxylation is 1. The van der Waals surface area contributed by atoms with Crippen molar-refractivity contribution in [3.05, 3.63) is 47.5 Å². The van der Waals surface area contributed by atoms with Gasteiger partial charge in [0, 0.05) is 0 Å². The third kappa shape index (κ3) is 2.34. The van der Waals surface area contributed by atoms with E-state index in [1.165, 1.54) is 0 Å². The van der Waals surface area contributed by atoms with Gasteiger partial charge in [-0.15, -0.1) is 0 Å². The van der Waals surface area contributed by atoms with Crippen LogP contribution >= 0.6 is 0 Å². The monoisotopic (exact) mass is 298 g/mol. The van der Waals surface area contributed by atoms with E-state index in [1.54, 1.807) is 13.2 Å². The molecule has 1 aliphatic heterocycles. The van der Waals surface area contributed by atoms with Gasteiger partial charge in [0.25, 0.3) is 5.91 Å². The fourth-order valence-corrected chi connectivity index (χ4v) is 2.79. The minimum atomic E-state index is -0.703. The van der Waals surface area contributed by atoms with Gasteiger partial charge < -0.3 is 10.5 Å². The van der Waals surface area contributed by atoms with Crippen molar-refractivity contribution in [2.24, 2.45) is 5.73 Å². The van der Waals surface area contributed by atoms with Crippen molar-refractivity contribution < 1.29 is 14.7 Å². The highest BCUT2D eigenvalue weighted by molar-refractivity contribution is 5.98. The molecule has 5 heteroatoms. The Morgan fingerprint density at radius 1 is 1.23 bits per heavy atom. The van der Waals surface area contributed by atoms with Gasteiger partial charge in [0.15, 0.2) is 0 Å². The maximum atomic E-state index is 11.7. The van der Waals surface area contributed by atoms with Crippen LogP contribution in [0.3, 0.4) is 0 Å². The molecule has 0 unspecified atom stereocenters. The number of fused-ring (bicyclic) bond motifs is 1. The summed E-state index contributed by atoms with van der Waals surface area (Å²) in [7, 11) is 1.65. The number of hydrogen-bond donors (Lipinski definition) is 2. The molecule has 0 bridgehead atoms. The Morgan fingerprint density at radius 2 is 1.91 bits per heavy atom. The number of anilines is 1. The van der Waals surface area contributed by atoms with Gasteiger partial charge in [0.05, 0.1) is 18.8 Å². The quantitative estimate of drug-likeness (QED) is 0.834. The molecular weight excluding hydrogens is 280 g/mol. The number of nitrogens with zero attached hydrogens (tertiary/aromatic N) is 1. The lowest BCUT2D eigenvalue weighted by atomic mass is 9.94. The number of benzene rings is 2. The first-order chi connectivity index (χ1) is 10.5. The first-order valence-electron chi connectivity index (χ1n) is 7.07. The minimum absolute atomic E-state index is 0.425. The van der Waals surface area contributed by atoms with Crippen LogP contribution in [-0.2, 0) is 11.2 Å². The maximum absolute atomic E-state index is 11.7. The molecule has 1 aliphatic rings. The Balaban J connectivity index is 2.02. The Morgan fingerprint density at radius 3 is 2.59 bits per heavy atom. The molecule has 0 aromatic heterocycles. The van der Waals surface area contributed by atoms with Crippen LogP contribution in [-0.4, -0.2) is 24.3 Å². The van der Waals surface area contributed by atoms with E-state index in [-0.39, 0.29) is 0 Å². The molecule has 0 radical (unpaired) electrons. The summed E-state index contributed by atoms with van der Waals surface area (Å²) < 4.78 is 5.27. The van der Waals surface area contributed by atoms with E-state index in [2.05, 4.69) is 0 Å². The fraction of sp³-hybridized carbons (Fsp3) is 0.235. The zero-order chi connectivity index (χ0) is 15.9. The van der Waals surface area contributed by atoms with E-state index in [4.69, 9.17) is 10.5 Å². The van der Waals surface area contributed by atoms with Crippen molar-refractivity contribution >= 4 is 11.6 Å². The lowest BCUT2D eigenvalue weighted by Crippen LogP contribution is -2.47. The zero-order valence-corrected chi connectivity index (χ0v) is 12.5. The number of methoxy groups -OCH3 is 1. The summed E-state index contributed by atoms with van der Waals surface area (Å²) in [6.07, 6.45) is 0.425. The normalized spacial score (nSPS) is 17.4. The lowest BCUT2D eigenvalue weighted by Gasteiger charge is -2.28. The summed E-state index contributed by atoms with van der Waals surface area (Å²) >= 11 is 0. The van der Waals surface area contributed by atoms with E-state index in [9.17, 15) is 10.0 Å². The SMILES string of the molecule is COc1ccc(-c2ccc3c(c2)C[C@H](N)C(=O)N3O)cc1C. The molecule has 1 amide bonds. The number of carbonyl (C=O) groups is 1. The third-order valence-corrected chi connectivity index (χ3v) is 4.00. The Hall–Kier alpha value is -2.37. The molecule has 2 aromatic rings. The summed E-state index contributed by atoms with van der Waals surface area (Å²) in [6, 6.07) is 10.8. The number of carbonyl (C=O) groups excluding carboxylic acids is 1. The predicted octanol–water partition coefficient (Wildman–Crippen LogP) is 2.28. The van der Waals surface area contributed by atoms with Crippen LogP contribution in [0, 0.1) is 6.92 Å². The molecular formula is C17H18N2O3. The van der Waals surface area contributed by atoms with E-state index >= 15 is 0 Å². The lowest BCUT2D eigenvalue weighted by molar-refractivity contribution is -0.125. The second-order valence-electron chi connectivity index (χ2n) is 5.49. The molecule has 114 valence electrons. The molecule has 5 nitrogen and oxygen atoms in total. The summed E-state index contributed by atoms with van der Waals surface area (Å²) in [4.78, 5) is 11.7. The van der Waals surface area contributed by atoms with Crippen LogP contribution in [0.1, 0.15) is 11.1 Å². The summed E-state index contributed by atoms with van der Waals surface area (Å²) in [6.45, 7) is 1.99. The molecule has 1 atom stereocenters. The molecule has 0 saturated carbocycles. The number of amides is 1. The van der Waals surface area contributed by atoms with Gasteiger partial charge in [-0.3, -0.25) is 10.0 Å². The maximum Gasteiger partial charge on any atom is 0.267 e. The second kappa shape index (κ2) is 5.44. The minimum Gasteiger partial charge on any atom is -0.496 e. The summed E-state index contributed by atoms with van der Waals surface area (Å²) in [5, 5.41) is 10.5. The first-order valence-corrected chi connectivity index (χ1v) is 7.07. The van der Waals surface area contributed by atoms with Gasteiger partial charge in [-0.25, -0.2) is 0 Å². The molecule has 2 aromatic carbocycles. The number of nitrogens with two attached hydrogens (primary N) is 1. The van der Waals surface area contributed by atoms with Crippen molar-refractivity contribution in [3.8, 4) is 16.9 Å². The van der Waals surface area contributed by atoms with Crippen LogP contribution in [0.4, 0.5) is 5.69 Å². The number of ether oxygens (including phenoxy) is 1. The van der Waals surface area contributed by atoms with Gasteiger partial charge in [0.1, 0.15) is 5.75 Å². The Labute approximate surface area is 128 Å². The van der Waals surface area contributed by atoms with Crippen molar-refractivity contribution in [2.45, 2.75) is 19.4 Å². The van der Waals surface area contributed by atoms with Crippen LogP contribution in [0.2, 0.25) is 0 Å². The summed E-state index contributed by atoms with van der Waals surface area (Å²) in [5.41, 5.74) is 10.2. The Bertz CT molecular complexity index is 743. The van der Waals surface area contributed by atoms with Crippen LogP contribution in [0.25, 0.3) is 11.1 Å². The average molecular weight is 298 g/mol. The average Bonchev–Trinajstić information content (AvgIpc) is 2.52. The molecule has 0 saturated heterocycles. The van der Waals surface area contributed by atoms with Crippen LogP contribution < -0.4 is 15.5 Å². The van der Waals surface area contributed by atoms with Gasteiger partial charge in [-0.1, -0.05) is 12.1 Å². The number of hydroxylamine groups is 1. The van der Waals surface area contributed by atoms with Crippen molar-refractivity contribution in [1.29, 1.82) is 0 Å². The molecule has 3 N–H and O–H groups in total. The van der Waals surface area contributed by atoms with E-state index < -0.39 is 11.9 Å². The van der Waals surface area contributed by atoms with E-state index in [0.717, 1.165) is 28.0 Å². The third-order valence-electron chi connectivity index (χ3n) is 4.00. The molecule has 0 spiro atoms. The standard InChI is InChI=1S/C17H18N2O3/c1-10-7-11(4-6-16(10)22-2)12-3-5-15-13(8-12)9-14(18)17(20)19(15)21/h3-8,14,21H,9,18H2,1-2H3/t14-/m0/s1. The zero-order valence-electron chi connectivity index (χ0n) is 12.5. The first kappa shape index (κ1) is 14.6. The molecule has 1 heterocycles. The number of hydrogen-bond acceptors (Lipinski definition) is 4. The fourth-order valence-electron chi connectivity index (χ4n) is 2.79. The number of rotatable bonds is 2. The summed E-state index contributed by atoms with van der Waals surface area (Å²) in [5.74, 6) is 0.372. The van der Waals surface area contributed by atoms with E-state index in [1.807, 2.05) is 37.3 Å². The topological polar surface area (TPSA) is 75.8 Å².